The van der Waals surface area contributed by atoms with E-state index < -0.39 is 5.79 Å². The Balaban J connectivity index is 2.46. The normalized spacial score (nSPS) is 36.4. The van der Waals surface area contributed by atoms with Gasteiger partial charge in [-0.1, -0.05) is 6.92 Å². The Hall–Kier alpha value is -0.520. The second-order valence-electron chi connectivity index (χ2n) is 3.33. The van der Waals surface area contributed by atoms with Crippen molar-refractivity contribution in [2.75, 3.05) is 13.2 Å². The lowest BCUT2D eigenvalue weighted by Crippen LogP contribution is -2.42. The van der Waals surface area contributed by atoms with E-state index >= 15 is 0 Å². The lowest BCUT2D eigenvalue weighted by molar-refractivity contribution is -0.241. The number of hydrogen-bond donors (Lipinski definition) is 0. The van der Waals surface area contributed by atoms with Crippen LogP contribution in [0.2, 0.25) is 0 Å². The maximum absolute atomic E-state index is 5.69. The lowest BCUT2D eigenvalue weighted by atomic mass is 9.97. The maximum atomic E-state index is 5.69. The van der Waals surface area contributed by atoms with Crippen LogP contribution in [0.15, 0.2) is 0 Å². The van der Waals surface area contributed by atoms with Gasteiger partial charge in [-0.15, -0.1) is 6.42 Å². The van der Waals surface area contributed by atoms with Gasteiger partial charge >= 0.3 is 0 Å². The summed E-state index contributed by atoms with van der Waals surface area (Å²) in [5.74, 6) is 1.96. The standard InChI is InChI=1S/C10H14O2/c1-5-10(4)11-6-9(7-12-10)8(2)3/h1-2,8-9H,6-7H2,3-4H3. The molecule has 2 nitrogen and oxygen atoms in total. The molecule has 1 unspecified atom stereocenters. The van der Waals surface area contributed by atoms with Gasteiger partial charge in [0, 0.05) is 12.8 Å². The quantitative estimate of drug-likeness (QED) is 0.547. The van der Waals surface area contributed by atoms with Crippen molar-refractivity contribution in [1.29, 1.82) is 0 Å². The largest absolute Gasteiger partial charge is 0.340 e. The molecule has 2 heteroatoms. The highest BCUT2D eigenvalue weighted by atomic mass is 16.7. The molecule has 0 bridgehead atoms. The van der Waals surface area contributed by atoms with E-state index in [4.69, 9.17) is 22.8 Å². The first kappa shape index (κ1) is 9.57. The highest BCUT2D eigenvalue weighted by Gasteiger charge is 2.32. The minimum atomic E-state index is -0.842. The molecular weight excluding hydrogens is 152 g/mol. The summed E-state index contributed by atoms with van der Waals surface area (Å²) in [6.07, 6.45) is 5.23. The molecule has 0 N–H and O–H groups in total. The van der Waals surface area contributed by atoms with Crippen LogP contribution < -0.4 is 0 Å². The number of ether oxygens (including phenoxy) is 2. The number of rotatable bonds is 1. The first-order chi connectivity index (χ1) is 5.57. The van der Waals surface area contributed by atoms with E-state index in [0.29, 0.717) is 13.2 Å². The molecule has 1 heterocycles. The Morgan fingerprint density at radius 1 is 1.50 bits per heavy atom. The molecule has 1 aliphatic rings. The van der Waals surface area contributed by atoms with E-state index in [9.17, 15) is 0 Å². The van der Waals surface area contributed by atoms with Gasteiger partial charge in [0.2, 0.25) is 5.79 Å². The van der Waals surface area contributed by atoms with Crippen LogP contribution in [-0.4, -0.2) is 19.0 Å². The Morgan fingerprint density at radius 2 is 2.00 bits per heavy atom. The SMILES string of the molecule is [CH]C(C)C1COC(C)(C#C)OC1. The minimum Gasteiger partial charge on any atom is -0.340 e. The van der Waals surface area contributed by atoms with Crippen LogP contribution in [0.4, 0.5) is 0 Å². The third kappa shape index (κ3) is 2.00. The molecule has 0 aromatic rings. The fraction of sp³-hybridized carbons (Fsp3) is 0.700. The van der Waals surface area contributed by atoms with Crippen molar-refractivity contribution in [3.63, 3.8) is 0 Å². The summed E-state index contributed by atoms with van der Waals surface area (Å²) in [7, 11) is 0. The van der Waals surface area contributed by atoms with Crippen LogP contribution >= 0.6 is 0 Å². The molecule has 0 saturated carbocycles. The summed E-state index contributed by atoms with van der Waals surface area (Å²) >= 11 is 0. The van der Waals surface area contributed by atoms with Crippen LogP contribution in [0, 0.1) is 31.1 Å². The molecule has 0 aromatic heterocycles. The Kier molecular flexibility index (Phi) is 2.76. The second kappa shape index (κ2) is 3.47. The molecule has 0 aliphatic carbocycles. The maximum Gasteiger partial charge on any atom is 0.230 e. The monoisotopic (exact) mass is 166 g/mol. The van der Waals surface area contributed by atoms with Crippen molar-refractivity contribution < 1.29 is 9.47 Å². The predicted octanol–water partition coefficient (Wildman–Crippen LogP) is 1.35. The summed E-state index contributed by atoms with van der Waals surface area (Å²) in [6, 6.07) is 0. The van der Waals surface area contributed by atoms with Crippen molar-refractivity contribution in [3.8, 4) is 12.3 Å². The Labute approximate surface area is 74.2 Å². The first-order valence-corrected chi connectivity index (χ1v) is 4.08. The average Bonchev–Trinajstić information content (AvgIpc) is 2.05. The summed E-state index contributed by atoms with van der Waals surface area (Å²) in [5.41, 5.74) is 0. The third-order valence-electron chi connectivity index (χ3n) is 2.15. The molecule has 12 heavy (non-hydrogen) atoms. The van der Waals surface area contributed by atoms with E-state index in [1.54, 1.807) is 6.92 Å². The van der Waals surface area contributed by atoms with Crippen molar-refractivity contribution in [2.24, 2.45) is 11.8 Å². The highest BCUT2D eigenvalue weighted by molar-refractivity contribution is 5.01. The van der Waals surface area contributed by atoms with Gasteiger partial charge in [-0.3, -0.25) is 0 Å². The zero-order chi connectivity index (χ0) is 9.19. The molecule has 1 atom stereocenters. The summed E-state index contributed by atoms with van der Waals surface area (Å²) in [6.45, 7) is 10.5. The van der Waals surface area contributed by atoms with Gasteiger partial charge in [-0.25, -0.2) is 0 Å². The predicted molar refractivity (Wildman–Crippen MR) is 46.1 cm³/mol. The molecule has 0 aromatic carbocycles. The first-order valence-electron chi connectivity index (χ1n) is 4.08. The highest BCUT2D eigenvalue weighted by Crippen LogP contribution is 2.24. The van der Waals surface area contributed by atoms with E-state index in [1.807, 2.05) is 6.92 Å². The molecule has 0 amide bonds. The summed E-state index contributed by atoms with van der Waals surface area (Å²) in [5, 5.41) is 0. The van der Waals surface area contributed by atoms with Crippen LogP contribution in [0.5, 0.6) is 0 Å². The van der Waals surface area contributed by atoms with E-state index in [1.165, 1.54) is 0 Å². The van der Waals surface area contributed by atoms with Crippen LogP contribution in [0.1, 0.15) is 13.8 Å². The number of terminal acetylenes is 1. The van der Waals surface area contributed by atoms with Gasteiger partial charge in [0.1, 0.15) is 0 Å². The molecule has 0 spiro atoms. The van der Waals surface area contributed by atoms with E-state index in [0.717, 1.165) is 0 Å². The zero-order valence-corrected chi connectivity index (χ0v) is 7.54. The molecule has 1 saturated heterocycles. The fourth-order valence-electron chi connectivity index (χ4n) is 1.01. The van der Waals surface area contributed by atoms with Gasteiger partial charge in [-0.05, 0) is 18.8 Å². The lowest BCUT2D eigenvalue weighted by Gasteiger charge is -2.35. The molecule has 66 valence electrons. The van der Waals surface area contributed by atoms with Crippen molar-refractivity contribution in [1.82, 2.24) is 0 Å². The van der Waals surface area contributed by atoms with Gasteiger partial charge in [0.05, 0.1) is 13.2 Å². The Bertz CT molecular complexity index is 183. The molecule has 2 radical (unpaired) electrons. The van der Waals surface area contributed by atoms with Crippen LogP contribution in [0.3, 0.4) is 0 Å². The van der Waals surface area contributed by atoms with Crippen molar-refractivity contribution in [3.05, 3.63) is 6.92 Å². The van der Waals surface area contributed by atoms with E-state index in [2.05, 4.69) is 5.92 Å². The second-order valence-corrected chi connectivity index (χ2v) is 3.33. The van der Waals surface area contributed by atoms with Crippen LogP contribution in [-0.2, 0) is 9.47 Å². The fourth-order valence-corrected chi connectivity index (χ4v) is 1.01. The molecule has 1 fully saturated rings. The van der Waals surface area contributed by atoms with Crippen molar-refractivity contribution >= 4 is 0 Å². The zero-order valence-electron chi connectivity index (χ0n) is 7.54. The van der Waals surface area contributed by atoms with Gasteiger partial charge in [0.15, 0.2) is 0 Å². The van der Waals surface area contributed by atoms with Crippen LogP contribution in [0.25, 0.3) is 0 Å². The topological polar surface area (TPSA) is 18.5 Å². The van der Waals surface area contributed by atoms with Gasteiger partial charge < -0.3 is 9.47 Å². The van der Waals surface area contributed by atoms with Gasteiger partial charge in [-0.2, -0.15) is 0 Å². The molecular formula is C10H14O2. The minimum absolute atomic E-state index is 0.0901. The Morgan fingerprint density at radius 3 is 2.33 bits per heavy atom. The smallest absolute Gasteiger partial charge is 0.230 e. The van der Waals surface area contributed by atoms with Gasteiger partial charge in [0.25, 0.3) is 0 Å². The summed E-state index contributed by atoms with van der Waals surface area (Å²) < 4.78 is 10.7. The number of hydrogen-bond acceptors (Lipinski definition) is 2. The van der Waals surface area contributed by atoms with E-state index in [-0.39, 0.29) is 11.8 Å². The average molecular weight is 166 g/mol. The van der Waals surface area contributed by atoms with Crippen molar-refractivity contribution in [2.45, 2.75) is 19.6 Å². The third-order valence-corrected chi connectivity index (χ3v) is 2.15. The summed E-state index contributed by atoms with van der Waals surface area (Å²) in [4.78, 5) is 0. The molecule has 1 rings (SSSR count). The molecule has 1 aliphatic heterocycles.